The van der Waals surface area contributed by atoms with Crippen LogP contribution in [0.2, 0.25) is 0 Å². The minimum Gasteiger partial charge on any atom is -0.496 e. The Labute approximate surface area is 114 Å². The van der Waals surface area contributed by atoms with Gasteiger partial charge in [0, 0.05) is 30.0 Å². The summed E-state index contributed by atoms with van der Waals surface area (Å²) in [5.41, 5.74) is 0. The molecule has 1 aromatic heterocycles. The van der Waals surface area contributed by atoms with Crippen molar-refractivity contribution in [3.63, 3.8) is 0 Å². The summed E-state index contributed by atoms with van der Waals surface area (Å²) < 4.78 is 10.4. The molecule has 0 spiro atoms. The van der Waals surface area contributed by atoms with Crippen molar-refractivity contribution in [3.8, 4) is 5.75 Å². The van der Waals surface area contributed by atoms with Crippen LogP contribution in [-0.2, 0) is 4.74 Å². The Morgan fingerprint density at radius 1 is 1.39 bits per heavy atom. The topological polar surface area (TPSA) is 30.5 Å². The molecule has 1 rings (SSSR count). The van der Waals surface area contributed by atoms with Gasteiger partial charge in [0.25, 0.3) is 0 Å². The number of hydrogen-bond donors (Lipinski definition) is 1. The quantitative estimate of drug-likeness (QED) is 0.746. The molecule has 0 saturated carbocycles. The zero-order valence-corrected chi connectivity index (χ0v) is 12.7. The van der Waals surface area contributed by atoms with Gasteiger partial charge in [-0.2, -0.15) is 0 Å². The van der Waals surface area contributed by atoms with Gasteiger partial charge in [0.2, 0.25) is 0 Å². The molecule has 18 heavy (non-hydrogen) atoms. The molecule has 0 saturated heterocycles. The first kappa shape index (κ1) is 15.5. The van der Waals surface area contributed by atoms with Gasteiger partial charge in [-0.15, -0.1) is 11.3 Å². The van der Waals surface area contributed by atoms with Crippen LogP contribution < -0.4 is 10.1 Å². The Morgan fingerprint density at radius 2 is 2.17 bits per heavy atom. The maximum atomic E-state index is 5.27. The third kappa shape index (κ3) is 4.59. The van der Waals surface area contributed by atoms with E-state index < -0.39 is 0 Å². The Bertz CT molecular complexity index is 327. The fourth-order valence-corrected chi connectivity index (χ4v) is 3.02. The van der Waals surface area contributed by atoms with E-state index in [2.05, 4.69) is 30.6 Å². The largest absolute Gasteiger partial charge is 0.496 e. The Hall–Kier alpha value is -0.580. The van der Waals surface area contributed by atoms with Crippen molar-refractivity contribution in [2.24, 2.45) is 5.92 Å². The van der Waals surface area contributed by atoms with Crippen molar-refractivity contribution in [1.29, 1.82) is 0 Å². The second-order valence-electron chi connectivity index (χ2n) is 4.58. The van der Waals surface area contributed by atoms with Crippen LogP contribution in [0.4, 0.5) is 0 Å². The van der Waals surface area contributed by atoms with E-state index in [0.717, 1.165) is 31.7 Å². The third-order valence-corrected chi connectivity index (χ3v) is 4.09. The molecule has 104 valence electrons. The average Bonchev–Trinajstić information content (AvgIpc) is 2.85. The van der Waals surface area contributed by atoms with Crippen LogP contribution >= 0.6 is 11.3 Å². The number of hydrogen-bond acceptors (Lipinski definition) is 4. The van der Waals surface area contributed by atoms with Gasteiger partial charge in [-0.3, -0.25) is 0 Å². The summed E-state index contributed by atoms with van der Waals surface area (Å²) in [6.45, 7) is 6.33. The smallest absolute Gasteiger partial charge is 0.129 e. The van der Waals surface area contributed by atoms with Crippen molar-refractivity contribution in [1.82, 2.24) is 5.32 Å². The maximum Gasteiger partial charge on any atom is 0.129 e. The van der Waals surface area contributed by atoms with Gasteiger partial charge in [-0.05, 0) is 31.4 Å². The monoisotopic (exact) mass is 271 g/mol. The minimum absolute atomic E-state index is 0.397. The molecule has 1 aromatic rings. The van der Waals surface area contributed by atoms with Crippen LogP contribution in [0.25, 0.3) is 0 Å². The van der Waals surface area contributed by atoms with Crippen molar-refractivity contribution in [3.05, 3.63) is 16.3 Å². The SMILES string of the molecule is CCCNC(c1cc(OC)cs1)C(C)CCOC. The lowest BCUT2D eigenvalue weighted by molar-refractivity contribution is 0.170. The van der Waals surface area contributed by atoms with E-state index >= 15 is 0 Å². The van der Waals surface area contributed by atoms with Crippen molar-refractivity contribution < 1.29 is 9.47 Å². The fourth-order valence-electron chi connectivity index (χ4n) is 1.96. The first-order valence-electron chi connectivity index (χ1n) is 6.57. The molecule has 2 atom stereocenters. The van der Waals surface area contributed by atoms with E-state index in [1.165, 1.54) is 4.88 Å². The molecule has 0 aliphatic rings. The summed E-state index contributed by atoms with van der Waals surface area (Å²) in [5, 5.41) is 5.70. The molecule has 0 aliphatic heterocycles. The van der Waals surface area contributed by atoms with Gasteiger partial charge >= 0.3 is 0 Å². The van der Waals surface area contributed by atoms with Crippen LogP contribution in [0.15, 0.2) is 11.4 Å². The van der Waals surface area contributed by atoms with Gasteiger partial charge in [-0.25, -0.2) is 0 Å². The van der Waals surface area contributed by atoms with Crippen molar-refractivity contribution in [2.45, 2.75) is 32.7 Å². The van der Waals surface area contributed by atoms with E-state index in [1.807, 2.05) is 0 Å². The highest BCUT2D eigenvalue weighted by molar-refractivity contribution is 7.10. The summed E-state index contributed by atoms with van der Waals surface area (Å²) in [4.78, 5) is 1.35. The normalized spacial score (nSPS) is 14.4. The Morgan fingerprint density at radius 3 is 2.72 bits per heavy atom. The van der Waals surface area contributed by atoms with Crippen LogP contribution in [0.3, 0.4) is 0 Å². The molecule has 0 amide bonds. The van der Waals surface area contributed by atoms with Crippen molar-refractivity contribution >= 4 is 11.3 Å². The second-order valence-corrected chi connectivity index (χ2v) is 5.52. The molecule has 1 heterocycles. The van der Waals surface area contributed by atoms with E-state index in [9.17, 15) is 0 Å². The first-order valence-corrected chi connectivity index (χ1v) is 7.45. The molecule has 0 fully saturated rings. The van der Waals surface area contributed by atoms with Crippen LogP contribution in [0.1, 0.15) is 37.6 Å². The molecule has 0 aromatic carbocycles. The predicted molar refractivity (Wildman–Crippen MR) is 77.6 cm³/mol. The molecule has 3 nitrogen and oxygen atoms in total. The average molecular weight is 271 g/mol. The van der Waals surface area contributed by atoms with Crippen LogP contribution in [0.5, 0.6) is 5.75 Å². The fraction of sp³-hybridized carbons (Fsp3) is 0.714. The second kappa shape index (κ2) is 8.51. The number of nitrogens with one attached hydrogen (secondary N) is 1. The van der Waals surface area contributed by atoms with Crippen LogP contribution in [0, 0.1) is 5.92 Å². The minimum atomic E-state index is 0.397. The molecule has 0 aliphatic carbocycles. The standard InChI is InChI=1S/C14H25NO2S/c1-5-7-15-14(11(2)6-8-16-3)13-9-12(17-4)10-18-13/h9-11,14-15H,5-8H2,1-4H3. The molecular formula is C14H25NO2S. The molecular weight excluding hydrogens is 246 g/mol. The van der Waals surface area contributed by atoms with E-state index in [4.69, 9.17) is 9.47 Å². The maximum absolute atomic E-state index is 5.27. The molecule has 2 unspecified atom stereocenters. The highest BCUT2D eigenvalue weighted by Crippen LogP contribution is 2.32. The summed E-state index contributed by atoms with van der Waals surface area (Å²) in [5.74, 6) is 1.51. The van der Waals surface area contributed by atoms with Gasteiger partial charge in [0.1, 0.15) is 5.75 Å². The van der Waals surface area contributed by atoms with E-state index in [0.29, 0.717) is 12.0 Å². The Balaban J connectivity index is 2.69. The van der Waals surface area contributed by atoms with Crippen LogP contribution in [-0.4, -0.2) is 27.4 Å². The van der Waals surface area contributed by atoms with E-state index in [-0.39, 0.29) is 0 Å². The number of ether oxygens (including phenoxy) is 2. The molecule has 0 radical (unpaired) electrons. The highest BCUT2D eigenvalue weighted by Gasteiger charge is 2.20. The lowest BCUT2D eigenvalue weighted by atomic mass is 9.97. The summed E-state index contributed by atoms with van der Waals surface area (Å²) >= 11 is 1.77. The predicted octanol–water partition coefficient (Wildman–Crippen LogP) is 3.47. The Kier molecular flexibility index (Phi) is 7.32. The first-order chi connectivity index (χ1) is 8.72. The molecule has 0 bridgehead atoms. The summed E-state index contributed by atoms with van der Waals surface area (Å²) in [6, 6.07) is 2.54. The number of rotatable bonds is 9. The van der Waals surface area contributed by atoms with Gasteiger partial charge < -0.3 is 14.8 Å². The van der Waals surface area contributed by atoms with Gasteiger partial charge in [-0.1, -0.05) is 13.8 Å². The molecule has 1 N–H and O–H groups in total. The summed E-state index contributed by atoms with van der Waals surface area (Å²) in [6.07, 6.45) is 2.22. The highest BCUT2D eigenvalue weighted by atomic mass is 32.1. The zero-order valence-electron chi connectivity index (χ0n) is 11.9. The third-order valence-electron chi connectivity index (χ3n) is 3.10. The number of methoxy groups -OCH3 is 2. The number of thiophene rings is 1. The van der Waals surface area contributed by atoms with E-state index in [1.54, 1.807) is 25.6 Å². The van der Waals surface area contributed by atoms with Gasteiger partial charge in [0.15, 0.2) is 0 Å². The van der Waals surface area contributed by atoms with Gasteiger partial charge in [0.05, 0.1) is 7.11 Å². The summed E-state index contributed by atoms with van der Waals surface area (Å²) in [7, 11) is 3.48. The lowest BCUT2D eigenvalue weighted by Gasteiger charge is -2.24. The lowest BCUT2D eigenvalue weighted by Crippen LogP contribution is -2.27. The molecule has 4 heteroatoms. The zero-order chi connectivity index (χ0) is 13.4. The van der Waals surface area contributed by atoms with Crippen molar-refractivity contribution in [2.75, 3.05) is 27.4 Å².